The van der Waals surface area contributed by atoms with Crippen LogP contribution in [0, 0.1) is 0 Å². The van der Waals surface area contributed by atoms with Gasteiger partial charge in [-0.15, -0.1) is 0 Å². The molecule has 1 fully saturated rings. The Morgan fingerprint density at radius 3 is 1.75 bits per heavy atom. The van der Waals surface area contributed by atoms with E-state index >= 15 is 0 Å². The third-order valence-electron chi connectivity index (χ3n) is 10.1. The summed E-state index contributed by atoms with van der Waals surface area (Å²) in [5, 5.41) is 12.4. The van der Waals surface area contributed by atoms with Gasteiger partial charge in [-0.05, 0) is 90.8 Å². The molecule has 304 valence electrons. The number of aliphatic hydroxyl groups is 1. The zero-order chi connectivity index (χ0) is 40.8. The Morgan fingerprint density at radius 1 is 0.702 bits per heavy atom. The minimum absolute atomic E-state index is 0.116. The van der Waals surface area contributed by atoms with Crippen molar-refractivity contribution >= 4 is 25.4 Å². The summed E-state index contributed by atoms with van der Waals surface area (Å²) in [7, 11) is -3.45. The molecule has 13 heteroatoms. The summed E-state index contributed by atoms with van der Waals surface area (Å²) in [5.74, 6) is -0.647. The van der Waals surface area contributed by atoms with Gasteiger partial charge in [-0.2, -0.15) is 0 Å². The average Bonchev–Trinajstić information content (AvgIpc) is 3.21. The van der Waals surface area contributed by atoms with Crippen molar-refractivity contribution < 1.29 is 37.8 Å². The van der Waals surface area contributed by atoms with Crippen LogP contribution >= 0.6 is 7.60 Å². The van der Waals surface area contributed by atoms with E-state index in [1.54, 1.807) is 58.3 Å². The number of carbonyl (C=O) groups is 3. The SMILES string of the molecule is CCCCOP(=O)(COc1ccc(CC[C@@H]2[C@@H](O)[C@@H](Cc3ccccc3)N(Cc3cccc(C(N)=O)c3)C(=O)N2Cc2cccc(C(N)=O)c2)cc1)OCCCC. The van der Waals surface area contributed by atoms with E-state index < -0.39 is 37.6 Å². The van der Waals surface area contributed by atoms with Gasteiger partial charge in [0.05, 0.1) is 31.4 Å². The maximum absolute atomic E-state index is 14.8. The summed E-state index contributed by atoms with van der Waals surface area (Å²) in [4.78, 5) is 42.2. The molecule has 57 heavy (non-hydrogen) atoms. The zero-order valence-corrected chi connectivity index (χ0v) is 33.7. The van der Waals surface area contributed by atoms with Crippen molar-refractivity contribution in [3.8, 4) is 5.75 Å². The first-order valence-corrected chi connectivity index (χ1v) is 21.4. The molecule has 0 aromatic heterocycles. The minimum atomic E-state index is -3.45. The molecule has 1 saturated heterocycles. The Hall–Kier alpha value is -5.00. The van der Waals surface area contributed by atoms with E-state index in [1.165, 1.54) is 0 Å². The quantitative estimate of drug-likeness (QED) is 0.0543. The number of aliphatic hydroxyl groups excluding tert-OH is 1. The lowest BCUT2D eigenvalue weighted by Crippen LogP contribution is -2.66. The first kappa shape index (κ1) is 43.1. The van der Waals surface area contributed by atoms with E-state index in [1.807, 2.05) is 68.4 Å². The number of hydrogen-bond donors (Lipinski definition) is 3. The van der Waals surface area contributed by atoms with Crippen LogP contribution in [0.4, 0.5) is 4.79 Å². The monoisotopic (exact) mass is 798 g/mol. The average molecular weight is 799 g/mol. The van der Waals surface area contributed by atoms with E-state index in [0.717, 1.165) is 36.8 Å². The number of hydrogen-bond acceptors (Lipinski definition) is 8. The van der Waals surface area contributed by atoms with Gasteiger partial charge in [0.25, 0.3) is 0 Å². The van der Waals surface area contributed by atoms with Gasteiger partial charge in [0.2, 0.25) is 11.8 Å². The highest BCUT2D eigenvalue weighted by Crippen LogP contribution is 2.48. The lowest BCUT2D eigenvalue weighted by Gasteiger charge is -2.49. The van der Waals surface area contributed by atoms with E-state index in [-0.39, 0.29) is 25.5 Å². The zero-order valence-electron chi connectivity index (χ0n) is 32.8. The number of unbranched alkanes of at least 4 members (excludes halogenated alkanes) is 2. The molecule has 0 unspecified atom stereocenters. The van der Waals surface area contributed by atoms with Gasteiger partial charge in [-0.3, -0.25) is 14.2 Å². The number of aryl methyl sites for hydroxylation is 1. The number of rotatable bonds is 22. The minimum Gasteiger partial charge on any atom is -0.481 e. The van der Waals surface area contributed by atoms with E-state index in [2.05, 4.69) is 0 Å². The third kappa shape index (κ3) is 12.2. The fourth-order valence-corrected chi connectivity index (χ4v) is 8.27. The van der Waals surface area contributed by atoms with Crippen LogP contribution in [0.5, 0.6) is 5.75 Å². The van der Waals surface area contributed by atoms with Gasteiger partial charge >= 0.3 is 13.6 Å². The molecule has 0 radical (unpaired) electrons. The molecular formula is C44H55N4O8P. The topological polar surface area (TPSA) is 175 Å². The number of nitrogens with two attached hydrogens (primary N) is 2. The van der Waals surface area contributed by atoms with E-state index in [9.17, 15) is 24.1 Å². The highest BCUT2D eigenvalue weighted by atomic mass is 31.2. The summed E-state index contributed by atoms with van der Waals surface area (Å²) >= 11 is 0. The predicted molar refractivity (Wildman–Crippen MR) is 220 cm³/mol. The van der Waals surface area contributed by atoms with E-state index in [0.29, 0.717) is 60.5 Å². The summed E-state index contributed by atoms with van der Waals surface area (Å²) in [6.07, 6.45) is 3.49. The smallest absolute Gasteiger partial charge is 0.367 e. The molecular weight excluding hydrogens is 743 g/mol. The van der Waals surface area contributed by atoms with Crippen LogP contribution in [0.3, 0.4) is 0 Å². The maximum atomic E-state index is 14.8. The van der Waals surface area contributed by atoms with Crippen molar-refractivity contribution in [3.63, 3.8) is 0 Å². The number of urea groups is 1. The molecule has 3 atom stereocenters. The number of primary amides is 2. The molecule has 12 nitrogen and oxygen atoms in total. The van der Waals surface area contributed by atoms with Crippen molar-refractivity contribution in [2.45, 2.75) is 90.1 Å². The van der Waals surface area contributed by atoms with Gasteiger partial charge in [0.1, 0.15) is 5.75 Å². The first-order valence-electron chi connectivity index (χ1n) is 19.7. The number of ether oxygens (including phenoxy) is 1. The summed E-state index contributed by atoms with van der Waals surface area (Å²) in [6.45, 7) is 4.97. The molecule has 1 heterocycles. The molecule has 5 N–H and O–H groups in total. The first-order chi connectivity index (χ1) is 27.5. The second kappa shape index (κ2) is 21.0. The Morgan fingerprint density at radius 2 is 1.23 bits per heavy atom. The third-order valence-corrected chi connectivity index (χ3v) is 11.7. The van der Waals surface area contributed by atoms with Crippen LogP contribution in [-0.2, 0) is 39.5 Å². The lowest BCUT2D eigenvalue weighted by molar-refractivity contribution is -0.0453. The van der Waals surface area contributed by atoms with Crippen LogP contribution in [0.2, 0.25) is 0 Å². The summed E-state index contributed by atoms with van der Waals surface area (Å²) < 4.78 is 30.6. The van der Waals surface area contributed by atoms with E-state index in [4.69, 9.17) is 25.3 Å². The molecule has 1 aliphatic rings. The van der Waals surface area contributed by atoms with Crippen LogP contribution in [0.25, 0.3) is 0 Å². The molecule has 1 aliphatic heterocycles. The number of benzene rings is 4. The van der Waals surface area contributed by atoms with Crippen molar-refractivity contribution in [1.82, 2.24) is 9.80 Å². The van der Waals surface area contributed by atoms with Gasteiger partial charge in [0, 0.05) is 24.2 Å². The van der Waals surface area contributed by atoms with Gasteiger partial charge in [-0.25, -0.2) is 4.79 Å². The normalized spacial score (nSPS) is 17.1. The summed E-state index contributed by atoms with van der Waals surface area (Å²) in [5.41, 5.74) is 15.1. The number of carbonyl (C=O) groups excluding carboxylic acids is 3. The van der Waals surface area contributed by atoms with Crippen LogP contribution in [0.15, 0.2) is 103 Å². The molecule has 4 amide bonds. The molecule has 0 bridgehead atoms. The summed E-state index contributed by atoms with van der Waals surface area (Å²) in [6, 6.07) is 29.3. The highest BCUT2D eigenvalue weighted by Gasteiger charge is 2.45. The molecule has 5 rings (SSSR count). The molecule has 0 aliphatic carbocycles. The fourth-order valence-electron chi connectivity index (χ4n) is 6.92. The molecule has 4 aromatic rings. The van der Waals surface area contributed by atoms with Crippen LogP contribution in [-0.4, -0.2) is 70.5 Å². The number of nitrogens with zero attached hydrogens (tertiary/aromatic N) is 2. The number of amides is 4. The standard InChI is InChI=1S/C44H55N4O8P/c1-3-5-24-55-57(53,56-25-6-4-2)31-54-38-21-18-32(19-22-38)20-23-39-41(49)40(28-33-12-8-7-9-13-33)48(30-35-15-11-17-37(27-35)43(46)51)44(52)47(39)29-34-14-10-16-36(26-34)42(45)50/h7-19,21-22,26-27,39-41,49H,3-6,20,23-25,28-31H2,1-2H3,(H2,45,50)(H2,46,51)/t39-,40-,41-/m1/s1. The van der Waals surface area contributed by atoms with Crippen molar-refractivity contribution in [1.29, 1.82) is 0 Å². The Bertz CT molecular complexity index is 1960. The molecule has 4 aromatic carbocycles. The van der Waals surface area contributed by atoms with Crippen LogP contribution in [0.1, 0.15) is 88.9 Å². The van der Waals surface area contributed by atoms with Crippen molar-refractivity contribution in [3.05, 3.63) is 137 Å². The Kier molecular flexibility index (Phi) is 15.9. The predicted octanol–water partition coefficient (Wildman–Crippen LogP) is 7.46. The highest BCUT2D eigenvalue weighted by molar-refractivity contribution is 7.53. The molecule has 0 spiro atoms. The van der Waals surface area contributed by atoms with Crippen molar-refractivity contribution in [2.24, 2.45) is 11.5 Å². The second-order valence-electron chi connectivity index (χ2n) is 14.4. The largest absolute Gasteiger partial charge is 0.481 e. The van der Waals surface area contributed by atoms with Crippen molar-refractivity contribution in [2.75, 3.05) is 19.6 Å². The fraction of sp³-hybridized carbons (Fsp3) is 0.386. The molecule has 0 saturated carbocycles. The van der Waals surface area contributed by atoms with Gasteiger partial charge < -0.3 is 40.2 Å². The second-order valence-corrected chi connectivity index (χ2v) is 16.4. The van der Waals surface area contributed by atoms with Gasteiger partial charge in [0.15, 0.2) is 6.35 Å². The van der Waals surface area contributed by atoms with Crippen LogP contribution < -0.4 is 16.2 Å². The van der Waals surface area contributed by atoms with Gasteiger partial charge in [-0.1, -0.05) is 93.4 Å². The lowest BCUT2D eigenvalue weighted by atomic mass is 9.88. The Balaban J connectivity index is 1.40. The maximum Gasteiger partial charge on any atom is 0.367 e. The Labute approximate surface area is 335 Å².